The number of hydrogen-bond acceptors (Lipinski definition) is 3. The van der Waals surface area contributed by atoms with Crippen LogP contribution in [-0.2, 0) is 6.42 Å². The third kappa shape index (κ3) is 4.97. The van der Waals surface area contributed by atoms with Crippen molar-refractivity contribution in [2.45, 2.75) is 6.42 Å². The van der Waals surface area contributed by atoms with E-state index in [1.54, 1.807) is 11.3 Å². The number of hydrogen-bond donors (Lipinski definition) is 0. The number of anilines is 1. The maximum absolute atomic E-state index is 5.88. The summed E-state index contributed by atoms with van der Waals surface area (Å²) in [4.78, 5) is 6.99. The van der Waals surface area contributed by atoms with E-state index in [1.165, 1.54) is 5.56 Å². The van der Waals surface area contributed by atoms with Crippen LogP contribution in [0.3, 0.4) is 0 Å². The first-order chi connectivity index (χ1) is 12.3. The van der Waals surface area contributed by atoms with Gasteiger partial charge in [-0.1, -0.05) is 42.5 Å². The van der Waals surface area contributed by atoms with Crippen molar-refractivity contribution in [2.24, 2.45) is 0 Å². The molecular weight excluding hydrogens is 371 g/mol. The second-order valence-electron chi connectivity index (χ2n) is 5.70. The van der Waals surface area contributed by atoms with E-state index in [0.29, 0.717) is 11.8 Å². The number of rotatable bonds is 8. The Bertz CT molecular complexity index is 766. The first kappa shape index (κ1) is 18.2. The molecule has 0 saturated heterocycles. The van der Waals surface area contributed by atoms with Gasteiger partial charge in [0.2, 0.25) is 0 Å². The maximum Gasteiger partial charge on any atom is 0.0976 e. The summed E-state index contributed by atoms with van der Waals surface area (Å²) >= 11 is 13.5. The number of alkyl halides is 2. The smallest absolute Gasteiger partial charge is 0.0976 e. The lowest BCUT2D eigenvalue weighted by Crippen LogP contribution is -2.27. The summed E-state index contributed by atoms with van der Waals surface area (Å²) in [7, 11) is 0. The Morgan fingerprint density at radius 3 is 2.20 bits per heavy atom. The third-order valence-corrected chi connectivity index (χ3v) is 5.17. The van der Waals surface area contributed by atoms with E-state index < -0.39 is 0 Å². The fraction of sp³-hybridized carbons (Fsp3) is 0.250. The van der Waals surface area contributed by atoms with Crippen molar-refractivity contribution in [3.05, 3.63) is 70.5 Å². The molecule has 1 aromatic heterocycles. The van der Waals surface area contributed by atoms with Gasteiger partial charge in [-0.15, -0.1) is 34.5 Å². The molecule has 0 radical (unpaired) electrons. The van der Waals surface area contributed by atoms with Crippen LogP contribution in [0, 0.1) is 0 Å². The highest BCUT2D eigenvalue weighted by Crippen LogP contribution is 2.26. The third-order valence-electron chi connectivity index (χ3n) is 3.99. The molecule has 25 heavy (non-hydrogen) atoms. The molecule has 0 spiro atoms. The minimum absolute atomic E-state index is 0.591. The Hall–Kier alpha value is -1.55. The average molecular weight is 391 g/mol. The van der Waals surface area contributed by atoms with E-state index in [2.05, 4.69) is 58.8 Å². The maximum atomic E-state index is 5.88. The Kier molecular flexibility index (Phi) is 6.74. The first-order valence-corrected chi connectivity index (χ1v) is 10.2. The van der Waals surface area contributed by atoms with Gasteiger partial charge >= 0.3 is 0 Å². The van der Waals surface area contributed by atoms with Crippen LogP contribution in [-0.4, -0.2) is 29.8 Å². The van der Waals surface area contributed by atoms with Crippen LogP contribution in [0.25, 0.3) is 11.3 Å². The summed E-state index contributed by atoms with van der Waals surface area (Å²) in [6.07, 6.45) is 0.878. The van der Waals surface area contributed by atoms with Gasteiger partial charge < -0.3 is 4.90 Å². The molecule has 130 valence electrons. The lowest BCUT2D eigenvalue weighted by molar-refractivity contribution is 0.874. The number of benzene rings is 2. The molecule has 0 bridgehead atoms. The van der Waals surface area contributed by atoms with Crippen LogP contribution < -0.4 is 4.90 Å². The van der Waals surface area contributed by atoms with Gasteiger partial charge in [0.1, 0.15) is 0 Å². The molecular formula is C20H20Cl2N2S. The zero-order chi connectivity index (χ0) is 17.5. The van der Waals surface area contributed by atoms with E-state index in [1.807, 2.05) is 6.07 Å². The number of aromatic nitrogens is 1. The molecule has 0 aliphatic rings. The van der Waals surface area contributed by atoms with E-state index in [4.69, 9.17) is 28.2 Å². The minimum atomic E-state index is 0.591. The highest BCUT2D eigenvalue weighted by atomic mass is 35.5. The van der Waals surface area contributed by atoms with Crippen molar-refractivity contribution >= 4 is 40.2 Å². The summed E-state index contributed by atoms with van der Waals surface area (Å²) in [5.74, 6) is 1.18. The van der Waals surface area contributed by atoms with E-state index in [-0.39, 0.29) is 0 Å². The first-order valence-electron chi connectivity index (χ1n) is 8.26. The van der Waals surface area contributed by atoms with Crippen LogP contribution >= 0.6 is 34.5 Å². The zero-order valence-corrected chi connectivity index (χ0v) is 16.2. The molecule has 3 aromatic rings. The lowest BCUT2D eigenvalue weighted by Gasteiger charge is -2.22. The summed E-state index contributed by atoms with van der Waals surface area (Å²) in [6, 6.07) is 18.9. The van der Waals surface area contributed by atoms with E-state index in [9.17, 15) is 0 Å². The van der Waals surface area contributed by atoms with Crippen LogP contribution in [0.4, 0.5) is 5.69 Å². The molecule has 0 atom stereocenters. The van der Waals surface area contributed by atoms with Gasteiger partial charge in [0.25, 0.3) is 0 Å². The van der Waals surface area contributed by atoms with Crippen LogP contribution in [0.1, 0.15) is 10.6 Å². The van der Waals surface area contributed by atoms with Gasteiger partial charge in [-0.2, -0.15) is 0 Å². The Morgan fingerprint density at radius 1 is 0.880 bits per heavy atom. The van der Waals surface area contributed by atoms with Crippen molar-refractivity contribution < 1.29 is 0 Å². The quantitative estimate of drug-likeness (QED) is 0.459. The Balaban J connectivity index is 1.72. The molecule has 5 heteroatoms. The average Bonchev–Trinajstić information content (AvgIpc) is 3.11. The second-order valence-corrected chi connectivity index (χ2v) is 7.40. The Morgan fingerprint density at radius 2 is 1.56 bits per heavy atom. The van der Waals surface area contributed by atoms with Crippen LogP contribution in [0.15, 0.2) is 60.0 Å². The fourth-order valence-corrected chi connectivity index (χ4v) is 3.96. The van der Waals surface area contributed by atoms with Gasteiger partial charge in [0.15, 0.2) is 0 Å². The van der Waals surface area contributed by atoms with Crippen molar-refractivity contribution in [3.8, 4) is 11.3 Å². The standard InChI is InChI=1S/C20H20Cl2N2S/c21-10-12-24(13-11-22)18-8-6-17(7-9-18)19-15-25-20(23-19)14-16-4-2-1-3-5-16/h1-9,15H,10-14H2. The monoisotopic (exact) mass is 390 g/mol. The Labute approximate surface area is 163 Å². The molecule has 0 N–H and O–H groups in total. The van der Waals surface area contributed by atoms with Crippen molar-refractivity contribution in [1.82, 2.24) is 4.98 Å². The van der Waals surface area contributed by atoms with Crippen molar-refractivity contribution in [2.75, 3.05) is 29.7 Å². The zero-order valence-electron chi connectivity index (χ0n) is 13.9. The summed E-state index contributed by atoms with van der Waals surface area (Å²) in [5, 5.41) is 3.26. The molecule has 2 nitrogen and oxygen atoms in total. The van der Waals surface area contributed by atoms with Gasteiger partial charge in [-0.25, -0.2) is 4.98 Å². The summed E-state index contributed by atoms with van der Waals surface area (Å²) < 4.78 is 0. The summed E-state index contributed by atoms with van der Waals surface area (Å²) in [5.41, 5.74) is 4.60. The molecule has 0 aliphatic carbocycles. The molecule has 3 rings (SSSR count). The molecule has 0 aliphatic heterocycles. The predicted octanol–water partition coefficient (Wildman–Crippen LogP) is 5.68. The molecule has 0 unspecified atom stereocenters. The van der Waals surface area contributed by atoms with Crippen molar-refractivity contribution in [3.63, 3.8) is 0 Å². The molecule has 2 aromatic carbocycles. The lowest BCUT2D eigenvalue weighted by atomic mass is 10.1. The normalized spacial score (nSPS) is 10.8. The van der Waals surface area contributed by atoms with Gasteiger partial charge in [-0.05, 0) is 17.7 Å². The minimum Gasteiger partial charge on any atom is -0.369 e. The number of thiazole rings is 1. The highest BCUT2D eigenvalue weighted by Gasteiger charge is 2.08. The topological polar surface area (TPSA) is 16.1 Å². The van der Waals surface area contributed by atoms with E-state index >= 15 is 0 Å². The second kappa shape index (κ2) is 9.23. The van der Waals surface area contributed by atoms with Crippen molar-refractivity contribution in [1.29, 1.82) is 0 Å². The van der Waals surface area contributed by atoms with Gasteiger partial charge in [0, 0.05) is 47.9 Å². The fourth-order valence-electron chi connectivity index (χ4n) is 2.71. The van der Waals surface area contributed by atoms with Crippen LogP contribution in [0.5, 0.6) is 0 Å². The van der Waals surface area contributed by atoms with Crippen LogP contribution in [0.2, 0.25) is 0 Å². The molecule has 0 saturated carbocycles. The number of halogens is 2. The largest absolute Gasteiger partial charge is 0.369 e. The summed E-state index contributed by atoms with van der Waals surface area (Å²) in [6.45, 7) is 1.59. The number of nitrogens with zero attached hydrogens (tertiary/aromatic N) is 2. The SMILES string of the molecule is ClCCN(CCCl)c1ccc(-c2csc(Cc3ccccc3)n2)cc1. The van der Waals surface area contributed by atoms with Gasteiger partial charge in [0.05, 0.1) is 10.7 Å². The molecule has 0 fully saturated rings. The predicted molar refractivity (Wildman–Crippen MR) is 110 cm³/mol. The van der Waals surface area contributed by atoms with Gasteiger partial charge in [-0.3, -0.25) is 0 Å². The van der Waals surface area contributed by atoms with E-state index in [0.717, 1.165) is 41.5 Å². The highest BCUT2D eigenvalue weighted by molar-refractivity contribution is 7.10. The molecule has 1 heterocycles. The molecule has 0 amide bonds.